The molecular formula is C13H14N4O2. The summed E-state index contributed by atoms with van der Waals surface area (Å²) < 4.78 is 5.18. The summed E-state index contributed by atoms with van der Waals surface area (Å²) in [4.78, 5) is 19.7. The van der Waals surface area contributed by atoms with E-state index in [0.717, 1.165) is 35.6 Å². The third-order valence-corrected chi connectivity index (χ3v) is 3.18. The number of hydrogen-bond donors (Lipinski definition) is 1. The Balaban J connectivity index is 1.78. The van der Waals surface area contributed by atoms with Crippen LogP contribution in [0.1, 0.15) is 29.1 Å². The molecule has 0 saturated carbocycles. The number of amides is 1. The molecule has 98 valence electrons. The maximum Gasteiger partial charge on any atom is 0.225 e. The van der Waals surface area contributed by atoms with Gasteiger partial charge in [-0.15, -0.1) is 0 Å². The Hall–Kier alpha value is -2.24. The van der Waals surface area contributed by atoms with Crippen molar-refractivity contribution in [2.45, 2.75) is 32.6 Å². The zero-order chi connectivity index (χ0) is 13.2. The molecule has 19 heavy (non-hydrogen) atoms. The van der Waals surface area contributed by atoms with Gasteiger partial charge in [0.2, 0.25) is 5.91 Å². The van der Waals surface area contributed by atoms with Gasteiger partial charge < -0.3 is 9.84 Å². The van der Waals surface area contributed by atoms with Gasteiger partial charge in [-0.2, -0.15) is 0 Å². The fourth-order valence-corrected chi connectivity index (χ4v) is 2.24. The predicted octanol–water partition coefficient (Wildman–Crippen LogP) is 1.44. The number of hydrogen-bond acceptors (Lipinski definition) is 5. The molecular weight excluding hydrogens is 244 g/mol. The van der Waals surface area contributed by atoms with E-state index in [2.05, 4.69) is 20.4 Å². The van der Waals surface area contributed by atoms with E-state index in [1.165, 1.54) is 6.33 Å². The zero-order valence-electron chi connectivity index (χ0n) is 10.6. The molecule has 3 heterocycles. The molecule has 0 aliphatic carbocycles. The Bertz CT molecular complexity index is 621. The average Bonchev–Trinajstić information content (AvgIpc) is 2.81. The van der Waals surface area contributed by atoms with Crippen molar-refractivity contribution in [3.05, 3.63) is 35.1 Å². The molecule has 1 aliphatic rings. The third kappa shape index (κ3) is 2.47. The fourth-order valence-electron chi connectivity index (χ4n) is 2.24. The summed E-state index contributed by atoms with van der Waals surface area (Å²) in [5.41, 5.74) is 2.89. The number of aryl methyl sites for hydroxylation is 3. The molecule has 0 saturated heterocycles. The van der Waals surface area contributed by atoms with Crippen LogP contribution in [0.4, 0.5) is 5.82 Å². The van der Waals surface area contributed by atoms with Gasteiger partial charge in [0, 0.05) is 30.2 Å². The molecule has 0 unspecified atom stereocenters. The normalized spacial score (nSPS) is 14.1. The van der Waals surface area contributed by atoms with Crippen LogP contribution in [0.2, 0.25) is 0 Å². The largest absolute Gasteiger partial charge is 0.361 e. The van der Waals surface area contributed by atoms with Crippen molar-refractivity contribution in [3.63, 3.8) is 0 Å². The number of nitrogens with zero attached hydrogens (tertiary/aromatic N) is 3. The van der Waals surface area contributed by atoms with Crippen LogP contribution in [0, 0.1) is 6.92 Å². The van der Waals surface area contributed by atoms with E-state index in [-0.39, 0.29) is 5.91 Å². The number of carbonyl (C=O) groups excluding carboxylic acids is 1. The molecule has 2 aromatic heterocycles. The SMILES string of the molecule is Cc1cc(CCc2ncnc3c2CCC(=O)N3)on1. The van der Waals surface area contributed by atoms with Crippen LogP contribution in [0.3, 0.4) is 0 Å². The van der Waals surface area contributed by atoms with E-state index in [1.807, 2.05) is 13.0 Å². The molecule has 0 spiro atoms. The quantitative estimate of drug-likeness (QED) is 0.901. The van der Waals surface area contributed by atoms with Gasteiger partial charge in [-0.25, -0.2) is 9.97 Å². The number of rotatable bonds is 3. The molecule has 1 amide bonds. The van der Waals surface area contributed by atoms with Gasteiger partial charge in [0.25, 0.3) is 0 Å². The van der Waals surface area contributed by atoms with Crippen molar-refractivity contribution in [1.29, 1.82) is 0 Å². The Labute approximate surface area is 110 Å². The summed E-state index contributed by atoms with van der Waals surface area (Å²) in [6, 6.07) is 1.93. The lowest BCUT2D eigenvalue weighted by molar-refractivity contribution is -0.116. The molecule has 1 aliphatic heterocycles. The van der Waals surface area contributed by atoms with Gasteiger partial charge in [0.15, 0.2) is 0 Å². The van der Waals surface area contributed by atoms with Crippen molar-refractivity contribution in [2.24, 2.45) is 0 Å². The predicted molar refractivity (Wildman–Crippen MR) is 67.6 cm³/mol. The molecule has 6 heteroatoms. The van der Waals surface area contributed by atoms with Gasteiger partial charge in [0.1, 0.15) is 17.9 Å². The highest BCUT2D eigenvalue weighted by Crippen LogP contribution is 2.23. The summed E-state index contributed by atoms with van der Waals surface area (Å²) in [7, 11) is 0. The third-order valence-electron chi connectivity index (χ3n) is 3.18. The van der Waals surface area contributed by atoms with Gasteiger partial charge in [0.05, 0.1) is 5.69 Å². The smallest absolute Gasteiger partial charge is 0.225 e. The van der Waals surface area contributed by atoms with E-state index >= 15 is 0 Å². The van der Waals surface area contributed by atoms with Crippen LogP contribution in [0.25, 0.3) is 0 Å². The second-order valence-corrected chi connectivity index (χ2v) is 4.63. The second kappa shape index (κ2) is 4.79. The van der Waals surface area contributed by atoms with Gasteiger partial charge in [-0.1, -0.05) is 5.16 Å². The van der Waals surface area contributed by atoms with E-state index < -0.39 is 0 Å². The van der Waals surface area contributed by atoms with Crippen LogP contribution in [0.15, 0.2) is 16.9 Å². The maximum atomic E-state index is 11.3. The number of aromatic nitrogens is 3. The van der Waals surface area contributed by atoms with Crippen LogP contribution in [0.5, 0.6) is 0 Å². The number of fused-ring (bicyclic) bond motifs is 1. The van der Waals surface area contributed by atoms with Crippen molar-refractivity contribution in [3.8, 4) is 0 Å². The Morgan fingerprint density at radius 1 is 1.32 bits per heavy atom. The van der Waals surface area contributed by atoms with Crippen LogP contribution < -0.4 is 5.32 Å². The first kappa shape index (κ1) is 11.8. The van der Waals surface area contributed by atoms with Crippen molar-refractivity contribution >= 4 is 11.7 Å². The van der Waals surface area contributed by atoms with Crippen LogP contribution >= 0.6 is 0 Å². The van der Waals surface area contributed by atoms with Crippen LogP contribution in [-0.2, 0) is 24.1 Å². The minimum absolute atomic E-state index is 0.0167. The lowest BCUT2D eigenvalue weighted by Crippen LogP contribution is -2.22. The fraction of sp³-hybridized carbons (Fsp3) is 0.385. The molecule has 0 bridgehead atoms. The van der Waals surface area contributed by atoms with Gasteiger partial charge in [-0.3, -0.25) is 4.79 Å². The number of nitrogens with one attached hydrogen (secondary N) is 1. The first-order valence-corrected chi connectivity index (χ1v) is 6.27. The molecule has 0 radical (unpaired) electrons. The number of carbonyl (C=O) groups is 1. The molecule has 2 aromatic rings. The highest BCUT2D eigenvalue weighted by Gasteiger charge is 2.19. The van der Waals surface area contributed by atoms with Crippen molar-refractivity contribution in [1.82, 2.24) is 15.1 Å². The van der Waals surface area contributed by atoms with E-state index in [9.17, 15) is 4.79 Å². The van der Waals surface area contributed by atoms with E-state index in [4.69, 9.17) is 4.52 Å². The summed E-state index contributed by atoms with van der Waals surface area (Å²) in [5, 5.41) is 6.64. The molecule has 6 nitrogen and oxygen atoms in total. The molecule has 0 atom stereocenters. The first-order valence-electron chi connectivity index (χ1n) is 6.27. The Kier molecular flexibility index (Phi) is 2.98. The first-order chi connectivity index (χ1) is 9.22. The summed E-state index contributed by atoms with van der Waals surface area (Å²) in [6.07, 6.45) is 4.20. The molecule has 1 N–H and O–H groups in total. The standard InChI is InChI=1S/C13H14N4O2/c1-8-6-9(19-17-8)2-4-11-10-3-5-12(18)16-13(10)15-7-14-11/h6-7H,2-5H2,1H3,(H,14,15,16,18). The topological polar surface area (TPSA) is 80.9 Å². The van der Waals surface area contributed by atoms with Gasteiger partial charge in [-0.05, 0) is 19.8 Å². The lowest BCUT2D eigenvalue weighted by Gasteiger charge is -2.17. The number of anilines is 1. The Morgan fingerprint density at radius 3 is 3.00 bits per heavy atom. The minimum atomic E-state index is 0.0167. The summed E-state index contributed by atoms with van der Waals surface area (Å²) in [5.74, 6) is 1.52. The maximum absolute atomic E-state index is 11.3. The molecule has 0 aromatic carbocycles. The van der Waals surface area contributed by atoms with Crippen molar-refractivity contribution in [2.75, 3.05) is 5.32 Å². The molecule has 0 fully saturated rings. The summed E-state index contributed by atoms with van der Waals surface area (Å²) in [6.45, 7) is 1.90. The zero-order valence-corrected chi connectivity index (χ0v) is 10.6. The highest BCUT2D eigenvalue weighted by molar-refractivity contribution is 5.92. The highest BCUT2D eigenvalue weighted by atomic mass is 16.5. The molecule has 3 rings (SSSR count). The van der Waals surface area contributed by atoms with Crippen molar-refractivity contribution < 1.29 is 9.32 Å². The average molecular weight is 258 g/mol. The van der Waals surface area contributed by atoms with E-state index in [1.54, 1.807) is 0 Å². The Morgan fingerprint density at radius 2 is 2.21 bits per heavy atom. The monoisotopic (exact) mass is 258 g/mol. The second-order valence-electron chi connectivity index (χ2n) is 4.63. The van der Waals surface area contributed by atoms with Gasteiger partial charge >= 0.3 is 0 Å². The lowest BCUT2D eigenvalue weighted by atomic mass is 10.0. The van der Waals surface area contributed by atoms with E-state index in [0.29, 0.717) is 18.7 Å². The summed E-state index contributed by atoms with van der Waals surface area (Å²) >= 11 is 0. The van der Waals surface area contributed by atoms with Crippen LogP contribution in [-0.4, -0.2) is 21.0 Å². The minimum Gasteiger partial charge on any atom is -0.361 e.